The van der Waals surface area contributed by atoms with Crippen molar-refractivity contribution in [2.75, 3.05) is 51.2 Å². The molecule has 2 saturated heterocycles. The lowest BCUT2D eigenvalue weighted by molar-refractivity contribution is -0.137. The summed E-state index contributed by atoms with van der Waals surface area (Å²) in [5, 5.41) is 22.1. The Hall–Kier alpha value is -5.62. The first kappa shape index (κ1) is 34.7. The van der Waals surface area contributed by atoms with Crippen LogP contribution >= 0.6 is 0 Å². The van der Waals surface area contributed by atoms with Gasteiger partial charge in [-0.15, -0.1) is 0 Å². The number of fused-ring (bicyclic) bond motifs is 1. The number of hydrogen-bond donors (Lipinski definition) is 3. The predicted molar refractivity (Wildman–Crippen MR) is 175 cm³/mol. The van der Waals surface area contributed by atoms with Crippen LogP contribution in [0.2, 0.25) is 0 Å². The zero-order valence-corrected chi connectivity index (χ0v) is 26.9. The van der Waals surface area contributed by atoms with Crippen LogP contribution in [0.4, 0.5) is 20.3 Å². The number of ether oxygens (including phenoxy) is 1. The Morgan fingerprint density at radius 2 is 1.82 bits per heavy atom. The molecule has 2 fully saturated rings. The molecule has 2 aromatic carbocycles. The first-order chi connectivity index (χ1) is 23.8. The number of nitrogens with one attached hydrogen (secondary N) is 2. The Morgan fingerprint density at radius 1 is 1.10 bits per heavy atom. The Morgan fingerprint density at radius 3 is 2.51 bits per heavy atom. The molecule has 0 bridgehead atoms. The van der Waals surface area contributed by atoms with E-state index in [1.165, 1.54) is 24.5 Å². The number of nitriles is 1. The van der Waals surface area contributed by atoms with Gasteiger partial charge in [0, 0.05) is 61.3 Å². The van der Waals surface area contributed by atoms with E-state index < -0.39 is 18.2 Å². The van der Waals surface area contributed by atoms with E-state index in [0.717, 1.165) is 31.5 Å². The molecular formula is C34H36F2N8O5. The van der Waals surface area contributed by atoms with Crippen molar-refractivity contribution in [1.29, 1.82) is 5.26 Å². The minimum Gasteiger partial charge on any atom is -0.483 e. The topological polar surface area (TPSA) is 165 Å². The third-order valence-corrected chi connectivity index (χ3v) is 8.59. The van der Waals surface area contributed by atoms with Crippen LogP contribution in [-0.4, -0.2) is 93.4 Å². The molecule has 49 heavy (non-hydrogen) atoms. The number of nitrogens with zero attached hydrogens (tertiary/aromatic N) is 6. The summed E-state index contributed by atoms with van der Waals surface area (Å²) < 4.78 is 36.2. The molecule has 3 N–H and O–H groups in total. The van der Waals surface area contributed by atoms with Crippen LogP contribution in [0.1, 0.15) is 35.7 Å². The second kappa shape index (κ2) is 16.0. The third kappa shape index (κ3) is 7.60. The summed E-state index contributed by atoms with van der Waals surface area (Å²) in [6.45, 7) is 5.12. The predicted octanol–water partition coefficient (Wildman–Crippen LogP) is 3.87. The molecular weight excluding hydrogens is 638 g/mol. The lowest BCUT2D eigenvalue weighted by atomic mass is 9.96. The van der Waals surface area contributed by atoms with E-state index in [1.807, 2.05) is 22.8 Å². The molecule has 4 heterocycles. The van der Waals surface area contributed by atoms with Crippen LogP contribution in [0, 0.1) is 28.9 Å². The highest BCUT2D eigenvalue weighted by Gasteiger charge is 2.30. The van der Waals surface area contributed by atoms with Gasteiger partial charge in [0.05, 0.1) is 11.9 Å². The second-order valence-corrected chi connectivity index (χ2v) is 11.4. The molecule has 2 aliphatic rings. The van der Waals surface area contributed by atoms with Crippen LogP contribution in [0.3, 0.4) is 0 Å². The van der Waals surface area contributed by atoms with Gasteiger partial charge in [-0.2, -0.15) is 9.65 Å². The highest BCUT2D eigenvalue weighted by atomic mass is 19.2. The molecule has 0 radical (unpaired) electrons. The molecule has 0 saturated carbocycles. The molecule has 6 rings (SSSR count). The maximum Gasteiger partial charge on any atom is 0.290 e. The molecule has 0 atom stereocenters. The maximum absolute atomic E-state index is 15.0. The highest BCUT2D eigenvalue weighted by Crippen LogP contribution is 2.32. The van der Waals surface area contributed by atoms with Gasteiger partial charge in [-0.05, 0) is 68.2 Å². The summed E-state index contributed by atoms with van der Waals surface area (Å²) in [7, 11) is 0. The average molecular weight is 675 g/mol. The summed E-state index contributed by atoms with van der Waals surface area (Å²) in [6.07, 6.45) is 6.88. The number of rotatable bonds is 8. The minimum absolute atomic E-state index is 0.0286. The van der Waals surface area contributed by atoms with Crippen molar-refractivity contribution in [3.8, 4) is 23.1 Å². The van der Waals surface area contributed by atoms with Crippen LogP contribution in [0.25, 0.3) is 16.9 Å². The van der Waals surface area contributed by atoms with Crippen molar-refractivity contribution >= 4 is 35.4 Å². The fraction of sp³-hybridized carbons (Fsp3) is 0.353. The molecule has 0 spiro atoms. The Kier molecular flexibility index (Phi) is 11.3. The fourth-order valence-electron chi connectivity index (χ4n) is 6.09. The smallest absolute Gasteiger partial charge is 0.290 e. The van der Waals surface area contributed by atoms with Gasteiger partial charge in [0.2, 0.25) is 11.7 Å². The quantitative estimate of drug-likeness (QED) is 0.234. The van der Waals surface area contributed by atoms with Gasteiger partial charge in [-0.3, -0.25) is 18.8 Å². The van der Waals surface area contributed by atoms with Gasteiger partial charge in [-0.1, -0.05) is 6.92 Å². The Balaban J connectivity index is 0.00000151. The van der Waals surface area contributed by atoms with E-state index in [2.05, 4.69) is 20.6 Å². The standard InChI is InChI=1S/C33H34F2N8O3.CH2O2/c1-2-21-19-23(3-4-24(21)33(45)42-16-14-41(15-17-42)32(44)22-7-10-37-11-8-22)40-30-31-39-20-26(43(31)13-12-38-30)25-5-6-27(46-18-9-36)29(35)28(25)34;2-1-3/h3-6,12-13,19-20,22,37H,2,7-8,10-11,14-18H2,1H3,(H,38,40);1H,(H,2,3). The average Bonchev–Trinajstić information content (AvgIpc) is 3.57. The molecule has 2 aliphatic heterocycles. The van der Waals surface area contributed by atoms with E-state index in [-0.39, 0.29) is 35.5 Å². The zero-order chi connectivity index (χ0) is 34.9. The molecule has 2 amide bonds. The monoisotopic (exact) mass is 674 g/mol. The van der Waals surface area contributed by atoms with Gasteiger partial charge in [-0.25, -0.2) is 14.4 Å². The van der Waals surface area contributed by atoms with E-state index >= 15 is 4.39 Å². The number of carboxylic acid groups (broad SMARTS) is 1. The van der Waals surface area contributed by atoms with Crippen molar-refractivity contribution in [2.45, 2.75) is 26.2 Å². The van der Waals surface area contributed by atoms with E-state index in [0.29, 0.717) is 61.0 Å². The molecule has 15 heteroatoms. The van der Waals surface area contributed by atoms with Crippen LogP contribution < -0.4 is 15.4 Å². The lowest BCUT2D eigenvalue weighted by Crippen LogP contribution is -2.52. The van der Waals surface area contributed by atoms with Crippen molar-refractivity contribution in [2.24, 2.45) is 5.92 Å². The molecule has 4 aromatic rings. The van der Waals surface area contributed by atoms with Crippen molar-refractivity contribution < 1.29 is 33.0 Å². The fourth-order valence-corrected chi connectivity index (χ4v) is 6.09. The van der Waals surface area contributed by atoms with Gasteiger partial charge in [0.25, 0.3) is 12.4 Å². The number of benzene rings is 2. The number of carbonyl (C=O) groups is 3. The Labute approximate surface area is 281 Å². The largest absolute Gasteiger partial charge is 0.483 e. The number of hydrogen-bond acceptors (Lipinski definition) is 9. The van der Waals surface area contributed by atoms with Crippen LogP contribution in [-0.2, 0) is 16.0 Å². The summed E-state index contributed by atoms with van der Waals surface area (Å²) >= 11 is 0. The number of piperidine rings is 1. The third-order valence-electron chi connectivity index (χ3n) is 8.59. The van der Waals surface area contributed by atoms with Gasteiger partial charge < -0.3 is 30.3 Å². The van der Waals surface area contributed by atoms with E-state index in [9.17, 15) is 14.0 Å². The number of amides is 2. The van der Waals surface area contributed by atoms with Crippen LogP contribution in [0.15, 0.2) is 48.9 Å². The number of aromatic nitrogens is 3. The van der Waals surface area contributed by atoms with E-state index in [1.54, 1.807) is 28.8 Å². The number of carbonyl (C=O) groups excluding carboxylic acids is 2. The highest BCUT2D eigenvalue weighted by molar-refractivity contribution is 5.96. The minimum atomic E-state index is -1.19. The van der Waals surface area contributed by atoms with Gasteiger partial charge in [0.1, 0.15) is 6.07 Å². The number of halogens is 2. The molecule has 2 aromatic heterocycles. The lowest BCUT2D eigenvalue weighted by Gasteiger charge is -2.37. The Bertz CT molecular complexity index is 1860. The number of aryl methyl sites for hydroxylation is 1. The van der Waals surface area contributed by atoms with Crippen molar-refractivity contribution in [1.82, 2.24) is 29.5 Å². The summed E-state index contributed by atoms with van der Waals surface area (Å²) in [6, 6.07) is 9.86. The first-order valence-corrected chi connectivity index (χ1v) is 15.9. The van der Waals surface area contributed by atoms with E-state index in [4.69, 9.17) is 19.9 Å². The van der Waals surface area contributed by atoms with Crippen molar-refractivity contribution in [3.05, 3.63) is 71.7 Å². The van der Waals surface area contributed by atoms with Gasteiger partial charge >= 0.3 is 0 Å². The summed E-state index contributed by atoms with van der Waals surface area (Å²) in [4.78, 5) is 47.4. The maximum atomic E-state index is 15.0. The zero-order valence-electron chi connectivity index (χ0n) is 26.9. The molecule has 0 unspecified atom stereocenters. The van der Waals surface area contributed by atoms with Gasteiger partial charge in [0.15, 0.2) is 29.6 Å². The summed E-state index contributed by atoms with van der Waals surface area (Å²) in [5.41, 5.74) is 2.82. The number of piperazine rings is 1. The SMILES string of the molecule is CCc1cc(Nc2nccn3c(-c4ccc(OCC#N)c(F)c4F)cnc23)ccc1C(=O)N1CCN(C(=O)C2CCNCC2)CC1.O=CO. The summed E-state index contributed by atoms with van der Waals surface area (Å²) in [5.74, 6) is -2.07. The number of imidazole rings is 1. The first-order valence-electron chi connectivity index (χ1n) is 15.9. The molecule has 256 valence electrons. The van der Waals surface area contributed by atoms with Crippen LogP contribution in [0.5, 0.6) is 5.75 Å². The van der Waals surface area contributed by atoms with Crippen molar-refractivity contribution in [3.63, 3.8) is 0 Å². The molecule has 0 aliphatic carbocycles. The number of anilines is 2. The second-order valence-electron chi connectivity index (χ2n) is 11.4. The normalized spacial score (nSPS) is 14.8. The molecule has 13 nitrogen and oxygen atoms in total.